The van der Waals surface area contributed by atoms with E-state index in [0.717, 1.165) is 0 Å². The highest BCUT2D eigenvalue weighted by molar-refractivity contribution is 7.99. The van der Waals surface area contributed by atoms with E-state index in [1.807, 2.05) is 11.8 Å². The lowest BCUT2D eigenvalue weighted by atomic mass is 11.0. The molecule has 0 bridgehead atoms. The van der Waals surface area contributed by atoms with E-state index in [1.54, 1.807) is 12.5 Å². The second-order valence-electron chi connectivity index (χ2n) is 1.52. The first kappa shape index (κ1) is 12.2. The zero-order valence-corrected chi connectivity index (χ0v) is 8.27. The van der Waals surface area contributed by atoms with E-state index in [0.29, 0.717) is 0 Å². The third-order valence-corrected chi connectivity index (χ3v) is 1.22. The molecule has 0 saturated carbocycles. The summed E-state index contributed by atoms with van der Waals surface area (Å²) in [4.78, 5) is 0. The third-order valence-electron chi connectivity index (χ3n) is 0.408. The Morgan fingerprint density at radius 2 is 1.44 bits per heavy atom. The highest BCUT2D eigenvalue weighted by Gasteiger charge is 1.67. The van der Waals surface area contributed by atoms with Gasteiger partial charge >= 0.3 is 0 Å². The Bertz CT molecular complexity index is 58.1. The molecule has 0 rings (SSSR count). The van der Waals surface area contributed by atoms with Crippen LogP contribution in [0.3, 0.4) is 0 Å². The van der Waals surface area contributed by atoms with E-state index < -0.39 is 10.8 Å². The average molecular weight is 168 g/mol. The van der Waals surface area contributed by atoms with E-state index in [1.165, 1.54) is 11.5 Å². The van der Waals surface area contributed by atoms with Crippen molar-refractivity contribution in [3.63, 3.8) is 0 Å². The Morgan fingerprint density at radius 3 is 1.44 bits per heavy atom. The first-order valence-electron chi connectivity index (χ1n) is 2.97. The summed E-state index contributed by atoms with van der Waals surface area (Å²) >= 11 is 1.96. The molecular formula is C6H16OS2. The lowest BCUT2D eigenvalue weighted by Gasteiger charge is -1.80. The van der Waals surface area contributed by atoms with Crippen LogP contribution in [0, 0.1) is 0 Å². The molecule has 0 atom stereocenters. The first-order valence-corrected chi connectivity index (χ1v) is 6.10. The smallest absolute Gasteiger partial charge is 0.0148 e. The summed E-state index contributed by atoms with van der Waals surface area (Å²) in [5.41, 5.74) is 0. The molecule has 0 aromatic carbocycles. The van der Waals surface area contributed by atoms with Crippen molar-refractivity contribution < 1.29 is 4.21 Å². The molecule has 0 aromatic heterocycles. The topological polar surface area (TPSA) is 17.1 Å². The van der Waals surface area contributed by atoms with Gasteiger partial charge < -0.3 is 0 Å². The van der Waals surface area contributed by atoms with Crippen LogP contribution >= 0.6 is 11.8 Å². The maximum atomic E-state index is 9.56. The lowest BCUT2D eigenvalue weighted by Crippen LogP contribution is -1.70. The van der Waals surface area contributed by atoms with Gasteiger partial charge in [0, 0.05) is 23.3 Å². The van der Waals surface area contributed by atoms with Gasteiger partial charge in [-0.05, 0) is 11.5 Å². The zero-order valence-electron chi connectivity index (χ0n) is 6.64. The fourth-order valence-corrected chi connectivity index (χ4v) is 0.612. The molecule has 0 amide bonds. The molecule has 0 aliphatic carbocycles. The molecule has 9 heavy (non-hydrogen) atoms. The van der Waals surface area contributed by atoms with E-state index in [2.05, 4.69) is 13.8 Å². The number of hydrogen-bond acceptors (Lipinski definition) is 2. The average Bonchev–Trinajstić information content (AvgIpc) is 1.66. The van der Waals surface area contributed by atoms with Crippen LogP contribution in [-0.2, 0) is 10.8 Å². The molecule has 0 saturated heterocycles. The Hall–Kier alpha value is 0.500. The van der Waals surface area contributed by atoms with Crippen LogP contribution in [0.5, 0.6) is 0 Å². The largest absolute Gasteiger partial charge is 0.260 e. The third kappa shape index (κ3) is 57.5. The number of thioether (sulfide) groups is 1. The molecule has 3 heteroatoms. The monoisotopic (exact) mass is 168 g/mol. The Morgan fingerprint density at radius 1 is 1.22 bits per heavy atom. The fraction of sp³-hybridized carbons (Fsp3) is 1.00. The van der Waals surface area contributed by atoms with Gasteiger partial charge in [0.2, 0.25) is 0 Å². The molecular weight excluding hydrogens is 152 g/mol. The minimum atomic E-state index is -0.611. The maximum Gasteiger partial charge on any atom is 0.0148 e. The second kappa shape index (κ2) is 11.3. The van der Waals surface area contributed by atoms with Crippen LogP contribution in [0.15, 0.2) is 0 Å². The second-order valence-corrected chi connectivity index (χ2v) is 4.57. The predicted molar refractivity (Wildman–Crippen MR) is 48.7 cm³/mol. The van der Waals surface area contributed by atoms with E-state index in [4.69, 9.17) is 0 Å². The molecule has 0 spiro atoms. The van der Waals surface area contributed by atoms with Crippen LogP contribution in [-0.4, -0.2) is 28.2 Å². The van der Waals surface area contributed by atoms with Crippen molar-refractivity contribution in [2.24, 2.45) is 0 Å². The minimum absolute atomic E-state index is 0.611. The van der Waals surface area contributed by atoms with Gasteiger partial charge in [-0.25, -0.2) is 0 Å². The van der Waals surface area contributed by atoms with Crippen LogP contribution in [0.1, 0.15) is 13.8 Å². The summed E-state index contributed by atoms with van der Waals surface area (Å²) < 4.78 is 9.56. The summed E-state index contributed by atoms with van der Waals surface area (Å²) in [6, 6.07) is 0. The summed E-state index contributed by atoms with van der Waals surface area (Å²) in [7, 11) is -0.611. The van der Waals surface area contributed by atoms with Crippen molar-refractivity contribution >= 4 is 22.6 Å². The highest BCUT2D eigenvalue weighted by atomic mass is 32.2. The van der Waals surface area contributed by atoms with Gasteiger partial charge in [-0.3, -0.25) is 4.21 Å². The standard InChI is InChI=1S/C4H10S.C2H6OS/c1-3-5-4-2;1-4(2)3/h3-4H2,1-2H3;1-2H3. The van der Waals surface area contributed by atoms with Gasteiger partial charge in [-0.1, -0.05) is 13.8 Å². The summed E-state index contributed by atoms with van der Waals surface area (Å²) in [6.45, 7) is 4.35. The molecule has 0 fully saturated rings. The summed E-state index contributed by atoms with van der Waals surface area (Å²) in [5, 5.41) is 0. The van der Waals surface area contributed by atoms with Crippen LogP contribution in [0.4, 0.5) is 0 Å². The molecule has 0 aliphatic heterocycles. The maximum absolute atomic E-state index is 9.56. The predicted octanol–water partition coefficient (Wildman–Crippen LogP) is 1.75. The van der Waals surface area contributed by atoms with Crippen molar-refractivity contribution in [2.75, 3.05) is 24.0 Å². The van der Waals surface area contributed by atoms with Crippen LogP contribution in [0.2, 0.25) is 0 Å². The Labute approximate surface area is 65.1 Å². The van der Waals surface area contributed by atoms with E-state index in [-0.39, 0.29) is 0 Å². The minimum Gasteiger partial charge on any atom is -0.260 e. The molecule has 0 aromatic rings. The molecule has 0 radical (unpaired) electrons. The lowest BCUT2D eigenvalue weighted by molar-refractivity contribution is 0.690. The van der Waals surface area contributed by atoms with Crippen molar-refractivity contribution in [1.29, 1.82) is 0 Å². The van der Waals surface area contributed by atoms with E-state index in [9.17, 15) is 4.21 Å². The molecule has 0 heterocycles. The van der Waals surface area contributed by atoms with Crippen molar-refractivity contribution in [3.8, 4) is 0 Å². The molecule has 0 N–H and O–H groups in total. The van der Waals surface area contributed by atoms with Gasteiger partial charge in [0.05, 0.1) is 0 Å². The van der Waals surface area contributed by atoms with Gasteiger partial charge in [0.1, 0.15) is 0 Å². The van der Waals surface area contributed by atoms with E-state index >= 15 is 0 Å². The normalized spacial score (nSPS) is 8.56. The first-order chi connectivity index (χ1) is 4.15. The fourth-order valence-electron chi connectivity index (χ4n) is 0.204. The molecule has 58 valence electrons. The number of hydrogen-bond donors (Lipinski definition) is 0. The highest BCUT2D eigenvalue weighted by Crippen LogP contribution is 1.93. The molecule has 0 aliphatic rings. The molecule has 0 unspecified atom stereocenters. The van der Waals surface area contributed by atoms with Crippen molar-refractivity contribution in [2.45, 2.75) is 13.8 Å². The van der Waals surface area contributed by atoms with Crippen LogP contribution < -0.4 is 0 Å². The summed E-state index contributed by atoms with van der Waals surface area (Å²) in [6.07, 6.45) is 3.28. The molecule has 1 nitrogen and oxygen atoms in total. The van der Waals surface area contributed by atoms with Gasteiger partial charge in [-0.2, -0.15) is 11.8 Å². The zero-order chi connectivity index (χ0) is 7.70. The SMILES string of the molecule is CCSCC.CS(C)=O. The Balaban J connectivity index is 0. The van der Waals surface area contributed by atoms with Gasteiger partial charge in [0.15, 0.2) is 0 Å². The van der Waals surface area contributed by atoms with Crippen LogP contribution in [0.25, 0.3) is 0 Å². The van der Waals surface area contributed by atoms with Crippen molar-refractivity contribution in [1.82, 2.24) is 0 Å². The quantitative estimate of drug-likeness (QED) is 0.625. The Kier molecular flexibility index (Phi) is 15.3. The van der Waals surface area contributed by atoms with Gasteiger partial charge in [0.25, 0.3) is 0 Å². The number of rotatable bonds is 2. The summed E-state index contributed by atoms with van der Waals surface area (Å²) in [5.74, 6) is 2.52. The van der Waals surface area contributed by atoms with Crippen molar-refractivity contribution in [3.05, 3.63) is 0 Å². The van der Waals surface area contributed by atoms with Gasteiger partial charge in [-0.15, -0.1) is 0 Å².